The molecule has 0 heterocycles. The summed E-state index contributed by atoms with van der Waals surface area (Å²) in [4.78, 5) is 0. The van der Waals surface area contributed by atoms with Crippen molar-refractivity contribution in [1.29, 1.82) is 0 Å². The quantitative estimate of drug-likeness (QED) is 0.903. The Balaban J connectivity index is 1.94. The highest BCUT2D eigenvalue weighted by molar-refractivity contribution is 5.43. The highest BCUT2D eigenvalue weighted by atomic mass is 16.5. The van der Waals surface area contributed by atoms with Crippen LogP contribution in [0.15, 0.2) is 42.5 Å². The largest absolute Gasteiger partial charge is 0.496 e. The molecule has 2 aromatic rings. The van der Waals surface area contributed by atoms with Gasteiger partial charge in [-0.05, 0) is 60.1 Å². The Labute approximate surface area is 126 Å². The van der Waals surface area contributed by atoms with Crippen molar-refractivity contribution < 1.29 is 9.84 Å². The highest BCUT2D eigenvalue weighted by Crippen LogP contribution is 2.40. The van der Waals surface area contributed by atoms with Crippen LogP contribution in [0.5, 0.6) is 5.75 Å². The number of hydrogen-bond donors (Lipinski definition) is 1. The number of aryl methyl sites for hydroxylation is 1. The van der Waals surface area contributed by atoms with Crippen LogP contribution in [0.4, 0.5) is 0 Å². The fourth-order valence-electron chi connectivity index (χ4n) is 3.10. The highest BCUT2D eigenvalue weighted by Gasteiger charge is 2.24. The van der Waals surface area contributed by atoms with E-state index in [1.807, 2.05) is 31.2 Å². The van der Waals surface area contributed by atoms with Crippen molar-refractivity contribution in [3.05, 3.63) is 64.7 Å². The van der Waals surface area contributed by atoms with E-state index in [0.29, 0.717) is 5.92 Å². The molecule has 2 nitrogen and oxygen atoms in total. The van der Waals surface area contributed by atoms with Crippen LogP contribution in [-0.4, -0.2) is 12.2 Å². The minimum absolute atomic E-state index is 0.564. The van der Waals surface area contributed by atoms with Crippen LogP contribution in [0.25, 0.3) is 0 Å². The fraction of sp³-hybridized carbons (Fsp3) is 0.368. The van der Waals surface area contributed by atoms with Gasteiger partial charge in [0.1, 0.15) is 11.9 Å². The number of hydrogen-bond acceptors (Lipinski definition) is 2. The number of aliphatic hydroxyl groups excluding tert-OH is 1. The van der Waals surface area contributed by atoms with Gasteiger partial charge in [0.25, 0.3) is 0 Å². The Hall–Kier alpha value is -1.80. The molecule has 1 atom stereocenters. The molecule has 21 heavy (non-hydrogen) atoms. The van der Waals surface area contributed by atoms with Gasteiger partial charge in [-0.25, -0.2) is 0 Å². The first-order valence-corrected chi connectivity index (χ1v) is 7.62. The van der Waals surface area contributed by atoms with Crippen molar-refractivity contribution in [2.24, 2.45) is 0 Å². The van der Waals surface area contributed by atoms with E-state index in [2.05, 4.69) is 18.2 Å². The molecule has 0 spiro atoms. The predicted octanol–water partition coefficient (Wildman–Crippen LogP) is 4.35. The van der Waals surface area contributed by atoms with Gasteiger partial charge in [-0.3, -0.25) is 0 Å². The van der Waals surface area contributed by atoms with E-state index in [4.69, 9.17) is 4.74 Å². The first-order valence-electron chi connectivity index (χ1n) is 7.62. The van der Waals surface area contributed by atoms with Gasteiger partial charge in [0.05, 0.1) is 7.11 Å². The van der Waals surface area contributed by atoms with Gasteiger partial charge < -0.3 is 9.84 Å². The summed E-state index contributed by atoms with van der Waals surface area (Å²) in [6.07, 6.45) is 3.22. The third kappa shape index (κ3) is 2.68. The molecular weight excluding hydrogens is 260 g/mol. The molecule has 1 saturated carbocycles. The van der Waals surface area contributed by atoms with Crippen LogP contribution in [0, 0.1) is 6.92 Å². The molecule has 0 bridgehead atoms. The molecule has 1 unspecified atom stereocenters. The molecule has 1 fully saturated rings. The van der Waals surface area contributed by atoms with Gasteiger partial charge >= 0.3 is 0 Å². The van der Waals surface area contributed by atoms with Crippen molar-refractivity contribution in [1.82, 2.24) is 0 Å². The van der Waals surface area contributed by atoms with Crippen molar-refractivity contribution >= 4 is 0 Å². The number of rotatable bonds is 4. The lowest BCUT2D eigenvalue weighted by Crippen LogP contribution is -2.13. The molecule has 1 N–H and O–H groups in total. The van der Waals surface area contributed by atoms with Crippen molar-refractivity contribution in [3.8, 4) is 5.75 Å². The van der Waals surface area contributed by atoms with Crippen LogP contribution in [-0.2, 0) is 0 Å². The molecule has 0 radical (unpaired) electrons. The first-order chi connectivity index (χ1) is 10.2. The van der Waals surface area contributed by atoms with Gasteiger partial charge in [0.2, 0.25) is 0 Å². The van der Waals surface area contributed by atoms with E-state index in [9.17, 15) is 5.11 Å². The standard InChI is InChI=1S/C19H22O2/c1-13-12-15(10-11-18(13)21-2)19(20)17-9-4-3-8-16(17)14-6-5-7-14/h3-4,8-12,14,19-20H,5-7H2,1-2H3. The molecule has 2 heteroatoms. The fourth-order valence-corrected chi connectivity index (χ4v) is 3.10. The Morgan fingerprint density at radius 2 is 1.90 bits per heavy atom. The summed E-state index contributed by atoms with van der Waals surface area (Å²) in [7, 11) is 1.67. The molecular formula is C19H22O2. The van der Waals surface area contributed by atoms with Crippen molar-refractivity contribution in [2.75, 3.05) is 7.11 Å². The van der Waals surface area contributed by atoms with E-state index in [1.165, 1.54) is 24.8 Å². The second-order valence-electron chi connectivity index (χ2n) is 5.89. The van der Waals surface area contributed by atoms with Crippen molar-refractivity contribution in [2.45, 2.75) is 38.2 Å². The molecule has 3 rings (SSSR count). The van der Waals surface area contributed by atoms with E-state index in [1.54, 1.807) is 7.11 Å². The summed E-state index contributed by atoms with van der Waals surface area (Å²) >= 11 is 0. The van der Waals surface area contributed by atoms with Crippen LogP contribution >= 0.6 is 0 Å². The molecule has 110 valence electrons. The lowest BCUT2D eigenvalue weighted by atomic mass is 9.77. The normalized spacial score (nSPS) is 16.3. The number of aliphatic hydroxyl groups is 1. The van der Waals surface area contributed by atoms with Gasteiger partial charge in [0.15, 0.2) is 0 Å². The van der Waals surface area contributed by atoms with E-state index >= 15 is 0 Å². The van der Waals surface area contributed by atoms with Gasteiger partial charge in [-0.15, -0.1) is 0 Å². The average molecular weight is 282 g/mol. The minimum atomic E-state index is -0.564. The molecule has 1 aliphatic carbocycles. The first kappa shape index (κ1) is 14.2. The summed E-state index contributed by atoms with van der Waals surface area (Å²) in [6, 6.07) is 14.2. The third-order valence-electron chi connectivity index (χ3n) is 4.57. The van der Waals surface area contributed by atoms with Crippen LogP contribution in [0.3, 0.4) is 0 Å². The summed E-state index contributed by atoms with van der Waals surface area (Å²) < 4.78 is 5.29. The maximum absolute atomic E-state index is 10.8. The summed E-state index contributed by atoms with van der Waals surface area (Å²) in [5.41, 5.74) is 4.34. The summed E-state index contributed by atoms with van der Waals surface area (Å²) in [5.74, 6) is 1.48. The monoisotopic (exact) mass is 282 g/mol. The lowest BCUT2D eigenvalue weighted by molar-refractivity contribution is 0.217. The molecule has 0 aromatic heterocycles. The molecule has 0 amide bonds. The zero-order valence-corrected chi connectivity index (χ0v) is 12.7. The third-order valence-corrected chi connectivity index (χ3v) is 4.57. The minimum Gasteiger partial charge on any atom is -0.496 e. The zero-order chi connectivity index (χ0) is 14.8. The molecule has 0 aliphatic heterocycles. The van der Waals surface area contributed by atoms with Crippen LogP contribution < -0.4 is 4.74 Å². The maximum atomic E-state index is 10.8. The predicted molar refractivity (Wildman–Crippen MR) is 84.8 cm³/mol. The summed E-state index contributed by atoms with van der Waals surface area (Å²) in [5, 5.41) is 10.8. The number of ether oxygens (including phenoxy) is 1. The van der Waals surface area contributed by atoms with Gasteiger partial charge in [-0.2, -0.15) is 0 Å². The Bertz CT molecular complexity index is 629. The molecule has 1 aliphatic rings. The van der Waals surface area contributed by atoms with Crippen LogP contribution in [0.2, 0.25) is 0 Å². The smallest absolute Gasteiger partial charge is 0.121 e. The second kappa shape index (κ2) is 5.90. The van der Waals surface area contributed by atoms with E-state index in [-0.39, 0.29) is 0 Å². The zero-order valence-electron chi connectivity index (χ0n) is 12.7. The molecule has 2 aromatic carbocycles. The number of benzene rings is 2. The van der Waals surface area contributed by atoms with Gasteiger partial charge in [-0.1, -0.05) is 36.8 Å². The average Bonchev–Trinajstić information content (AvgIpc) is 2.45. The summed E-state index contributed by atoms with van der Waals surface area (Å²) in [6.45, 7) is 2.01. The van der Waals surface area contributed by atoms with Crippen LogP contribution in [0.1, 0.15) is 53.5 Å². The Morgan fingerprint density at radius 1 is 1.14 bits per heavy atom. The Morgan fingerprint density at radius 3 is 2.52 bits per heavy atom. The molecule has 0 saturated heterocycles. The SMILES string of the molecule is COc1ccc(C(O)c2ccccc2C2CCC2)cc1C. The number of methoxy groups -OCH3 is 1. The lowest BCUT2D eigenvalue weighted by Gasteiger charge is -2.29. The second-order valence-corrected chi connectivity index (χ2v) is 5.89. The topological polar surface area (TPSA) is 29.5 Å². The van der Waals surface area contributed by atoms with Gasteiger partial charge in [0, 0.05) is 0 Å². The maximum Gasteiger partial charge on any atom is 0.121 e. The van der Waals surface area contributed by atoms with E-state index < -0.39 is 6.10 Å². The Kier molecular flexibility index (Phi) is 3.98. The van der Waals surface area contributed by atoms with Crippen molar-refractivity contribution in [3.63, 3.8) is 0 Å². The van der Waals surface area contributed by atoms with E-state index in [0.717, 1.165) is 22.4 Å².